The third-order valence-electron chi connectivity index (χ3n) is 4.22. The number of hydrogen-bond donors (Lipinski definition) is 2. The van der Waals surface area contributed by atoms with E-state index in [4.69, 9.17) is 11.6 Å². The van der Waals surface area contributed by atoms with Crippen molar-refractivity contribution in [3.05, 3.63) is 74.5 Å². The molecule has 0 spiro atoms. The Balaban J connectivity index is 2.03. The fraction of sp³-hybridized carbons (Fsp3) is 0.167. The van der Waals surface area contributed by atoms with E-state index in [1.165, 1.54) is 0 Å². The number of fused-ring (bicyclic) bond motifs is 1. The molecule has 0 saturated carbocycles. The lowest BCUT2D eigenvalue weighted by Gasteiger charge is -2.13. The maximum Gasteiger partial charge on any atom is 0.417 e. The second kappa shape index (κ2) is 7.23. The van der Waals surface area contributed by atoms with E-state index >= 15 is 0 Å². The van der Waals surface area contributed by atoms with E-state index in [0.29, 0.717) is 16.7 Å². The van der Waals surface area contributed by atoms with Gasteiger partial charge in [0, 0.05) is 28.5 Å². The fourth-order valence-electron chi connectivity index (χ4n) is 2.78. The molecule has 0 aliphatic carbocycles. The van der Waals surface area contributed by atoms with Crippen molar-refractivity contribution >= 4 is 32.5 Å². The number of hydrogen-bond acceptors (Lipinski definition) is 3. The van der Waals surface area contributed by atoms with E-state index in [9.17, 15) is 26.4 Å². The molecule has 0 saturated heterocycles. The van der Waals surface area contributed by atoms with Gasteiger partial charge in [0.05, 0.1) is 10.5 Å². The van der Waals surface area contributed by atoms with Gasteiger partial charge >= 0.3 is 6.18 Å². The number of aromatic nitrogens is 1. The van der Waals surface area contributed by atoms with Crippen molar-refractivity contribution in [1.82, 2.24) is 9.71 Å². The van der Waals surface area contributed by atoms with Crippen LogP contribution < -0.4 is 10.3 Å². The number of aromatic amines is 1. The highest BCUT2D eigenvalue weighted by Gasteiger charge is 2.33. The molecule has 0 atom stereocenters. The van der Waals surface area contributed by atoms with E-state index in [2.05, 4.69) is 9.71 Å². The predicted octanol–water partition coefficient (Wildman–Crippen LogP) is 3.99. The molecule has 2 N–H and O–H groups in total. The summed E-state index contributed by atoms with van der Waals surface area (Å²) in [6, 6.07) is 8.63. The average molecular weight is 431 g/mol. The Bertz CT molecular complexity index is 1200. The van der Waals surface area contributed by atoms with Crippen LogP contribution in [0.2, 0.25) is 5.02 Å². The Morgan fingerprint density at radius 1 is 1.14 bits per heavy atom. The van der Waals surface area contributed by atoms with Gasteiger partial charge in [0.1, 0.15) is 0 Å². The Hall–Kier alpha value is -2.36. The van der Waals surface area contributed by atoms with Crippen LogP contribution in [0.3, 0.4) is 0 Å². The van der Waals surface area contributed by atoms with Crippen LogP contribution in [0.4, 0.5) is 13.2 Å². The molecule has 3 aromatic rings. The quantitative estimate of drug-likeness (QED) is 0.657. The normalized spacial score (nSPS) is 12.5. The van der Waals surface area contributed by atoms with Gasteiger partial charge in [-0.1, -0.05) is 23.7 Å². The Morgan fingerprint density at radius 3 is 2.50 bits per heavy atom. The van der Waals surface area contributed by atoms with Crippen molar-refractivity contribution in [3.63, 3.8) is 0 Å². The van der Waals surface area contributed by atoms with Gasteiger partial charge in [0.2, 0.25) is 15.6 Å². The summed E-state index contributed by atoms with van der Waals surface area (Å²) in [4.78, 5) is 13.4. The maximum atomic E-state index is 13.3. The number of pyridine rings is 1. The molecule has 3 rings (SSSR count). The molecule has 0 bridgehead atoms. The van der Waals surface area contributed by atoms with Crippen LogP contribution in [0.25, 0.3) is 10.9 Å². The molecule has 0 fully saturated rings. The van der Waals surface area contributed by atoms with Crippen molar-refractivity contribution in [2.75, 3.05) is 0 Å². The number of halogens is 4. The van der Waals surface area contributed by atoms with Crippen LogP contribution in [-0.4, -0.2) is 13.4 Å². The third-order valence-corrected chi connectivity index (χ3v) is 5.98. The standard InChI is InChI=1S/C18H14ClF3N2O3S/c1-10-3-2-4-15(19)13(10)9-23-28(26,27)11-5-6-16-12(7-11)14(18(20,21)22)8-17(25)24-16/h2-8,23H,9H2,1H3,(H,24,25). The zero-order valence-corrected chi connectivity index (χ0v) is 16.0. The summed E-state index contributed by atoms with van der Waals surface area (Å²) in [5.74, 6) is 0. The van der Waals surface area contributed by atoms with E-state index in [-0.39, 0.29) is 17.0 Å². The zero-order valence-electron chi connectivity index (χ0n) is 14.4. The molecule has 0 radical (unpaired) electrons. The van der Waals surface area contributed by atoms with Crippen LogP contribution in [-0.2, 0) is 22.7 Å². The SMILES string of the molecule is Cc1cccc(Cl)c1CNS(=O)(=O)c1ccc2[nH]c(=O)cc(C(F)(F)F)c2c1. The van der Waals surface area contributed by atoms with Crippen LogP contribution in [0.15, 0.2) is 52.2 Å². The average Bonchev–Trinajstić information content (AvgIpc) is 2.59. The smallest absolute Gasteiger partial charge is 0.322 e. The van der Waals surface area contributed by atoms with Gasteiger partial charge in [-0.15, -0.1) is 0 Å². The molecule has 1 heterocycles. The molecular weight excluding hydrogens is 417 g/mol. The lowest BCUT2D eigenvalue weighted by atomic mass is 10.1. The first kappa shape index (κ1) is 20.4. The number of nitrogens with one attached hydrogen (secondary N) is 2. The number of sulfonamides is 1. The minimum atomic E-state index is -4.81. The minimum Gasteiger partial charge on any atom is -0.322 e. The molecular formula is C18H14ClF3N2O3S. The van der Waals surface area contributed by atoms with Gasteiger partial charge in [-0.2, -0.15) is 13.2 Å². The van der Waals surface area contributed by atoms with Crippen molar-refractivity contribution in [2.24, 2.45) is 0 Å². The van der Waals surface area contributed by atoms with Gasteiger partial charge in [0.15, 0.2) is 0 Å². The second-order valence-corrected chi connectivity index (χ2v) is 8.29. The number of rotatable bonds is 4. The van der Waals surface area contributed by atoms with Crippen molar-refractivity contribution in [1.29, 1.82) is 0 Å². The summed E-state index contributed by atoms with van der Waals surface area (Å²) in [5.41, 5.74) is -0.909. The molecule has 0 aliphatic rings. The first-order valence-electron chi connectivity index (χ1n) is 7.97. The van der Waals surface area contributed by atoms with E-state index in [0.717, 1.165) is 23.8 Å². The van der Waals surface area contributed by atoms with Gasteiger partial charge in [-0.05, 0) is 42.3 Å². The molecule has 0 amide bonds. The number of benzene rings is 2. The predicted molar refractivity (Wildman–Crippen MR) is 99.8 cm³/mol. The zero-order chi connectivity index (χ0) is 20.7. The summed E-state index contributed by atoms with van der Waals surface area (Å²) in [5, 5.41) is -0.0398. The van der Waals surface area contributed by atoms with Gasteiger partial charge < -0.3 is 4.98 Å². The molecule has 5 nitrogen and oxygen atoms in total. The minimum absolute atomic E-state index is 0.110. The van der Waals surface area contributed by atoms with Crippen LogP contribution in [0, 0.1) is 6.92 Å². The Morgan fingerprint density at radius 2 is 1.86 bits per heavy atom. The monoisotopic (exact) mass is 430 g/mol. The van der Waals surface area contributed by atoms with Crippen LogP contribution in [0.5, 0.6) is 0 Å². The second-order valence-electron chi connectivity index (χ2n) is 6.11. The van der Waals surface area contributed by atoms with Gasteiger partial charge in [-0.25, -0.2) is 13.1 Å². The number of alkyl halides is 3. The number of H-pyrrole nitrogens is 1. The summed E-state index contributed by atoms with van der Waals surface area (Å²) in [7, 11) is -4.12. The molecule has 148 valence electrons. The van der Waals surface area contributed by atoms with Crippen LogP contribution in [0.1, 0.15) is 16.7 Å². The largest absolute Gasteiger partial charge is 0.417 e. The first-order chi connectivity index (χ1) is 13.0. The summed E-state index contributed by atoms with van der Waals surface area (Å²) >= 11 is 6.07. The van der Waals surface area contributed by atoms with E-state index in [1.807, 2.05) is 0 Å². The molecule has 1 aromatic heterocycles. The topological polar surface area (TPSA) is 79.0 Å². The van der Waals surface area contributed by atoms with E-state index < -0.39 is 32.7 Å². The Kier molecular flexibility index (Phi) is 5.26. The van der Waals surface area contributed by atoms with Crippen molar-refractivity contribution < 1.29 is 21.6 Å². The molecule has 10 heteroatoms. The summed E-state index contributed by atoms with van der Waals surface area (Å²) in [6.07, 6.45) is -4.81. The molecule has 0 aliphatic heterocycles. The lowest BCUT2D eigenvalue weighted by Crippen LogP contribution is -2.24. The van der Waals surface area contributed by atoms with E-state index in [1.54, 1.807) is 25.1 Å². The molecule has 28 heavy (non-hydrogen) atoms. The molecule has 0 unspecified atom stereocenters. The van der Waals surface area contributed by atoms with Crippen LogP contribution >= 0.6 is 11.6 Å². The Labute approximate surface area is 163 Å². The highest BCUT2D eigenvalue weighted by atomic mass is 35.5. The summed E-state index contributed by atoms with van der Waals surface area (Å²) < 4.78 is 67.3. The third kappa shape index (κ3) is 4.06. The van der Waals surface area contributed by atoms with Gasteiger partial charge in [0.25, 0.3) is 0 Å². The lowest BCUT2D eigenvalue weighted by molar-refractivity contribution is -0.136. The van der Waals surface area contributed by atoms with Crippen molar-refractivity contribution in [2.45, 2.75) is 24.5 Å². The molecule has 2 aromatic carbocycles. The maximum absolute atomic E-state index is 13.3. The highest BCUT2D eigenvalue weighted by molar-refractivity contribution is 7.89. The van der Waals surface area contributed by atoms with Crippen molar-refractivity contribution in [3.8, 4) is 0 Å². The fourth-order valence-corrected chi connectivity index (χ4v) is 4.09. The van der Waals surface area contributed by atoms with Gasteiger partial charge in [-0.3, -0.25) is 4.79 Å². The first-order valence-corrected chi connectivity index (χ1v) is 9.83. The summed E-state index contributed by atoms with van der Waals surface area (Å²) in [6.45, 7) is 1.64. The number of aryl methyl sites for hydroxylation is 1. The highest BCUT2D eigenvalue weighted by Crippen LogP contribution is 2.34.